The highest BCUT2D eigenvalue weighted by Gasteiger charge is 2.20. The predicted octanol–water partition coefficient (Wildman–Crippen LogP) is 5.15. The van der Waals surface area contributed by atoms with Gasteiger partial charge in [0.2, 0.25) is 5.91 Å². The van der Waals surface area contributed by atoms with Gasteiger partial charge in [-0.2, -0.15) is 0 Å². The lowest BCUT2D eigenvalue weighted by atomic mass is 10.1. The first-order valence-electron chi connectivity index (χ1n) is 10.3. The van der Waals surface area contributed by atoms with Crippen LogP contribution in [0.5, 0.6) is 11.5 Å². The summed E-state index contributed by atoms with van der Waals surface area (Å²) in [5.41, 5.74) is 2.90. The average molecular weight is 439 g/mol. The van der Waals surface area contributed by atoms with Gasteiger partial charge in [0, 0.05) is 17.5 Å². The molecular weight excluding hydrogens is 408 g/mol. The highest BCUT2D eigenvalue weighted by atomic mass is 32.1. The summed E-state index contributed by atoms with van der Waals surface area (Å²) in [6.45, 7) is 5.13. The van der Waals surface area contributed by atoms with E-state index in [0.29, 0.717) is 18.0 Å². The molecule has 1 aromatic heterocycles. The molecule has 1 amide bonds. The van der Waals surface area contributed by atoms with Crippen molar-refractivity contribution in [1.29, 1.82) is 0 Å². The summed E-state index contributed by atoms with van der Waals surface area (Å²) in [5, 5.41) is 5.12. The average Bonchev–Trinajstić information content (AvgIpc) is 3.27. The molecule has 6 heteroatoms. The number of nitrogens with zero attached hydrogens (tertiary/aromatic N) is 1. The first kappa shape index (κ1) is 22.8. The van der Waals surface area contributed by atoms with Gasteiger partial charge in [0.15, 0.2) is 0 Å². The number of carbonyl (C=O) groups excluding carboxylic acids is 1. The fourth-order valence-electron chi connectivity index (χ4n) is 3.48. The van der Waals surface area contributed by atoms with Crippen molar-refractivity contribution >= 4 is 22.9 Å². The maximum Gasteiger partial charge on any atom is 0.238 e. The molecule has 1 unspecified atom stereocenters. The maximum atomic E-state index is 13.0. The molecule has 1 N–H and O–H groups in total. The Kier molecular flexibility index (Phi) is 8.09. The minimum absolute atomic E-state index is 0.0598. The second-order valence-corrected chi connectivity index (χ2v) is 8.67. The van der Waals surface area contributed by atoms with Gasteiger partial charge in [-0.05, 0) is 67.1 Å². The monoisotopic (exact) mass is 438 g/mol. The summed E-state index contributed by atoms with van der Waals surface area (Å²) in [4.78, 5) is 16.5. The van der Waals surface area contributed by atoms with Gasteiger partial charge in [-0.15, -0.1) is 11.3 Å². The number of methoxy groups -OCH3 is 2. The van der Waals surface area contributed by atoms with Crippen LogP contribution in [-0.4, -0.2) is 37.6 Å². The zero-order valence-corrected chi connectivity index (χ0v) is 19.4. The molecule has 0 saturated carbocycles. The van der Waals surface area contributed by atoms with Crippen LogP contribution in [0.15, 0.2) is 60.0 Å². The Morgan fingerprint density at radius 3 is 2.52 bits per heavy atom. The first-order valence-corrected chi connectivity index (χ1v) is 11.2. The highest BCUT2D eigenvalue weighted by molar-refractivity contribution is 7.09. The fourth-order valence-corrected chi connectivity index (χ4v) is 4.30. The molecule has 3 aromatic rings. The molecule has 0 aliphatic carbocycles. The third kappa shape index (κ3) is 6.57. The van der Waals surface area contributed by atoms with Crippen LogP contribution in [-0.2, 0) is 17.8 Å². The normalized spacial score (nSPS) is 11.9. The molecular formula is C25H30N2O3S. The van der Waals surface area contributed by atoms with E-state index >= 15 is 0 Å². The molecule has 5 nitrogen and oxygen atoms in total. The smallest absolute Gasteiger partial charge is 0.238 e. The van der Waals surface area contributed by atoms with Crippen molar-refractivity contribution < 1.29 is 14.3 Å². The van der Waals surface area contributed by atoms with Crippen LogP contribution in [0.2, 0.25) is 0 Å². The molecule has 0 saturated heterocycles. The van der Waals surface area contributed by atoms with Crippen molar-refractivity contribution in [2.75, 3.05) is 26.1 Å². The standard InChI is InChI=1S/C25H30N2O3S/c1-18-7-12-24(30-4)23(14-18)26-25(28)17-27(19(2)15-22-6-5-13-31-22)16-20-8-10-21(29-3)11-9-20/h5-14,19H,15-17H2,1-4H3,(H,26,28). The lowest BCUT2D eigenvalue weighted by Crippen LogP contribution is -2.40. The van der Waals surface area contributed by atoms with Gasteiger partial charge in [0.1, 0.15) is 11.5 Å². The number of thiophene rings is 1. The van der Waals surface area contributed by atoms with Crippen molar-refractivity contribution in [3.05, 3.63) is 76.0 Å². The van der Waals surface area contributed by atoms with E-state index in [-0.39, 0.29) is 18.5 Å². The Morgan fingerprint density at radius 2 is 1.87 bits per heavy atom. The fraction of sp³-hybridized carbons (Fsp3) is 0.320. The SMILES string of the molecule is COc1ccc(CN(CC(=O)Nc2cc(C)ccc2OC)C(C)Cc2cccs2)cc1. The number of hydrogen-bond donors (Lipinski definition) is 1. The summed E-state index contributed by atoms with van der Waals surface area (Å²) in [6.07, 6.45) is 0.898. The second kappa shape index (κ2) is 11.0. The number of ether oxygens (including phenoxy) is 2. The zero-order chi connectivity index (χ0) is 22.2. The summed E-state index contributed by atoms with van der Waals surface area (Å²) in [7, 11) is 3.27. The Labute approximate surface area is 188 Å². The molecule has 0 radical (unpaired) electrons. The minimum Gasteiger partial charge on any atom is -0.497 e. The molecule has 31 heavy (non-hydrogen) atoms. The Morgan fingerprint density at radius 1 is 1.10 bits per heavy atom. The van der Waals surface area contributed by atoms with Gasteiger partial charge in [-0.1, -0.05) is 24.3 Å². The van der Waals surface area contributed by atoms with Gasteiger partial charge >= 0.3 is 0 Å². The van der Waals surface area contributed by atoms with E-state index in [9.17, 15) is 4.79 Å². The third-order valence-corrected chi connectivity index (χ3v) is 6.12. The number of rotatable bonds is 10. The summed E-state index contributed by atoms with van der Waals surface area (Å²) >= 11 is 1.75. The van der Waals surface area contributed by atoms with Crippen molar-refractivity contribution in [1.82, 2.24) is 4.90 Å². The Hall–Kier alpha value is -2.83. The maximum absolute atomic E-state index is 13.0. The van der Waals surface area contributed by atoms with E-state index in [1.54, 1.807) is 25.6 Å². The molecule has 1 atom stereocenters. The van der Waals surface area contributed by atoms with Crippen LogP contribution < -0.4 is 14.8 Å². The summed E-state index contributed by atoms with van der Waals surface area (Å²) in [6, 6.07) is 18.2. The van der Waals surface area contributed by atoms with E-state index in [4.69, 9.17) is 9.47 Å². The minimum atomic E-state index is -0.0598. The van der Waals surface area contributed by atoms with Crippen LogP contribution in [0.1, 0.15) is 22.9 Å². The zero-order valence-electron chi connectivity index (χ0n) is 18.6. The van der Waals surface area contributed by atoms with Gasteiger partial charge in [-0.25, -0.2) is 0 Å². The molecule has 0 spiro atoms. The molecule has 164 valence electrons. The molecule has 0 bridgehead atoms. The van der Waals surface area contributed by atoms with Gasteiger partial charge < -0.3 is 14.8 Å². The Bertz CT molecular complexity index is 971. The van der Waals surface area contributed by atoms with E-state index in [1.807, 2.05) is 49.4 Å². The third-order valence-electron chi connectivity index (χ3n) is 5.22. The van der Waals surface area contributed by atoms with E-state index in [1.165, 1.54) is 4.88 Å². The quantitative estimate of drug-likeness (QED) is 0.476. The van der Waals surface area contributed by atoms with Gasteiger partial charge in [0.05, 0.1) is 26.5 Å². The lowest BCUT2D eigenvalue weighted by molar-refractivity contribution is -0.118. The summed E-state index contributed by atoms with van der Waals surface area (Å²) in [5.74, 6) is 1.42. The van der Waals surface area contributed by atoms with Crippen LogP contribution in [0.4, 0.5) is 5.69 Å². The number of carbonyl (C=O) groups is 1. The number of amides is 1. The summed E-state index contributed by atoms with van der Waals surface area (Å²) < 4.78 is 10.7. The van der Waals surface area contributed by atoms with E-state index < -0.39 is 0 Å². The van der Waals surface area contributed by atoms with Crippen LogP contribution in [0.3, 0.4) is 0 Å². The lowest BCUT2D eigenvalue weighted by Gasteiger charge is -2.28. The van der Waals surface area contributed by atoms with Crippen LogP contribution in [0, 0.1) is 6.92 Å². The molecule has 0 fully saturated rings. The number of anilines is 1. The topological polar surface area (TPSA) is 50.8 Å². The number of nitrogens with one attached hydrogen (secondary N) is 1. The van der Waals surface area contributed by atoms with Gasteiger partial charge in [0.25, 0.3) is 0 Å². The largest absolute Gasteiger partial charge is 0.497 e. The predicted molar refractivity (Wildman–Crippen MR) is 127 cm³/mol. The van der Waals surface area contributed by atoms with Crippen molar-refractivity contribution in [2.45, 2.75) is 32.9 Å². The number of hydrogen-bond acceptors (Lipinski definition) is 5. The van der Waals surface area contributed by atoms with E-state index in [0.717, 1.165) is 23.3 Å². The number of benzene rings is 2. The van der Waals surface area contributed by atoms with E-state index in [2.05, 4.69) is 34.7 Å². The molecule has 0 aliphatic heterocycles. The van der Waals surface area contributed by atoms with Crippen molar-refractivity contribution in [3.63, 3.8) is 0 Å². The molecule has 3 rings (SSSR count). The first-order chi connectivity index (χ1) is 15.0. The Balaban J connectivity index is 1.74. The molecule has 0 aliphatic rings. The second-order valence-electron chi connectivity index (χ2n) is 7.64. The highest BCUT2D eigenvalue weighted by Crippen LogP contribution is 2.25. The van der Waals surface area contributed by atoms with Crippen LogP contribution in [0.25, 0.3) is 0 Å². The van der Waals surface area contributed by atoms with Crippen molar-refractivity contribution in [3.8, 4) is 11.5 Å². The van der Waals surface area contributed by atoms with Crippen molar-refractivity contribution in [2.24, 2.45) is 0 Å². The molecule has 2 aromatic carbocycles. The van der Waals surface area contributed by atoms with Crippen LogP contribution >= 0.6 is 11.3 Å². The van der Waals surface area contributed by atoms with Gasteiger partial charge in [-0.3, -0.25) is 9.69 Å². The number of aryl methyl sites for hydroxylation is 1. The molecule has 1 heterocycles.